The van der Waals surface area contributed by atoms with Crippen LogP contribution in [0.15, 0.2) is 70.9 Å². The Morgan fingerprint density at radius 3 is 2.77 bits per heavy atom. The number of imidazole rings is 1. The van der Waals surface area contributed by atoms with Gasteiger partial charge in [0.05, 0.1) is 29.0 Å². The van der Waals surface area contributed by atoms with Gasteiger partial charge >= 0.3 is 0 Å². The van der Waals surface area contributed by atoms with Crippen LogP contribution < -0.4 is 0 Å². The van der Waals surface area contributed by atoms with Crippen molar-refractivity contribution in [3.05, 3.63) is 84.0 Å². The Morgan fingerprint density at radius 1 is 1.10 bits per heavy atom. The topological polar surface area (TPSA) is 69.1 Å². The third-order valence-corrected chi connectivity index (χ3v) is 6.83. The summed E-state index contributed by atoms with van der Waals surface area (Å²) in [4.78, 5) is 18.5. The van der Waals surface area contributed by atoms with Gasteiger partial charge in [-0.2, -0.15) is 0 Å². The molecule has 2 aliphatic rings. The lowest BCUT2D eigenvalue weighted by atomic mass is 9.79. The Balaban J connectivity index is 1.60. The fourth-order valence-electron chi connectivity index (χ4n) is 4.20. The van der Waals surface area contributed by atoms with Crippen LogP contribution in [0.2, 0.25) is 0 Å². The number of benzene rings is 1. The van der Waals surface area contributed by atoms with Gasteiger partial charge < -0.3 is 4.42 Å². The molecule has 0 amide bonds. The van der Waals surface area contributed by atoms with E-state index in [0.29, 0.717) is 11.7 Å². The lowest BCUT2D eigenvalue weighted by Gasteiger charge is -2.27. The predicted octanol–water partition coefficient (Wildman–Crippen LogP) is 5.47. The summed E-state index contributed by atoms with van der Waals surface area (Å²) in [7, 11) is 0. The molecule has 7 heteroatoms. The van der Waals surface area contributed by atoms with Crippen molar-refractivity contribution in [3.8, 4) is 17.1 Å². The summed E-state index contributed by atoms with van der Waals surface area (Å²) >= 11 is 2.36. The number of oxazole rings is 1. The molecule has 1 atom stereocenters. The first kappa shape index (κ1) is 18.0. The van der Waals surface area contributed by atoms with Crippen LogP contribution in [0.4, 0.5) is 0 Å². The molecule has 0 bridgehead atoms. The third-order valence-electron chi connectivity index (χ3n) is 5.96. The van der Waals surface area contributed by atoms with Crippen molar-refractivity contribution in [2.75, 3.05) is 0 Å². The van der Waals surface area contributed by atoms with Gasteiger partial charge in [-0.05, 0) is 71.2 Å². The maximum Gasteiger partial charge on any atom is 0.181 e. The normalized spacial score (nSPS) is 18.2. The smallest absolute Gasteiger partial charge is 0.181 e. The summed E-state index contributed by atoms with van der Waals surface area (Å²) in [6.07, 6.45) is 10.6. The Morgan fingerprint density at radius 2 is 2.03 bits per heavy atom. The molecule has 30 heavy (non-hydrogen) atoms. The van der Waals surface area contributed by atoms with Crippen LogP contribution in [-0.4, -0.2) is 25.2 Å². The second-order valence-electron chi connectivity index (χ2n) is 7.65. The summed E-state index contributed by atoms with van der Waals surface area (Å²) in [5.41, 5.74) is 7.09. The molecule has 1 saturated carbocycles. The minimum atomic E-state index is -0.151. The Hall–Kier alpha value is -2.81. The second-order valence-corrected chi connectivity index (χ2v) is 8.83. The molecule has 0 radical (unpaired) electrons. The lowest BCUT2D eigenvalue weighted by molar-refractivity contribution is 0.419. The zero-order chi connectivity index (χ0) is 20.1. The zero-order valence-corrected chi connectivity index (χ0v) is 18.2. The van der Waals surface area contributed by atoms with Gasteiger partial charge in [-0.15, -0.1) is 0 Å². The van der Waals surface area contributed by atoms with Crippen LogP contribution in [0.1, 0.15) is 51.7 Å². The van der Waals surface area contributed by atoms with Crippen LogP contribution in [0.3, 0.4) is 0 Å². The van der Waals surface area contributed by atoms with E-state index in [1.54, 1.807) is 6.20 Å². The highest BCUT2D eigenvalue weighted by Gasteiger charge is 2.30. The quantitative estimate of drug-likeness (QED) is 0.210. The van der Waals surface area contributed by atoms with Gasteiger partial charge in [0, 0.05) is 11.8 Å². The molecule has 0 unspecified atom stereocenters. The molecule has 3 aromatic heterocycles. The SMILES string of the molecule is I[C@@H]1N=C(c2ccccn2)c2cc(C3CCC3)ccc2-n2cnc(-c3cnco3)c21. The van der Waals surface area contributed by atoms with Crippen molar-refractivity contribution in [1.29, 1.82) is 0 Å². The molecule has 6 rings (SSSR count). The van der Waals surface area contributed by atoms with E-state index in [4.69, 9.17) is 9.41 Å². The first-order chi connectivity index (χ1) is 14.8. The largest absolute Gasteiger partial charge is 0.442 e. The van der Waals surface area contributed by atoms with Gasteiger partial charge in [0.25, 0.3) is 0 Å². The number of hydrogen-bond acceptors (Lipinski definition) is 5. The highest BCUT2D eigenvalue weighted by Crippen LogP contribution is 2.42. The van der Waals surface area contributed by atoms with E-state index in [2.05, 4.69) is 60.3 Å². The summed E-state index contributed by atoms with van der Waals surface area (Å²) in [6, 6.07) is 12.7. The minimum absolute atomic E-state index is 0.151. The van der Waals surface area contributed by atoms with Crippen molar-refractivity contribution in [1.82, 2.24) is 19.5 Å². The van der Waals surface area contributed by atoms with E-state index in [-0.39, 0.29) is 4.05 Å². The van der Waals surface area contributed by atoms with E-state index in [0.717, 1.165) is 34.0 Å². The number of nitrogens with zero attached hydrogens (tertiary/aromatic N) is 5. The zero-order valence-electron chi connectivity index (χ0n) is 16.1. The highest BCUT2D eigenvalue weighted by atomic mass is 127. The standard InChI is InChI=1S/C23H18IN5O/c24-23-22-21(19-11-25-13-30-19)27-12-29(22)18-8-7-15(14-4-3-5-14)10-16(18)20(28-23)17-6-1-2-9-26-17/h1-2,6-14,23H,3-5H2/t23-/m1/s1. The number of alkyl halides is 1. The summed E-state index contributed by atoms with van der Waals surface area (Å²) in [5, 5.41) is 0. The first-order valence-corrected chi connectivity index (χ1v) is 11.3. The summed E-state index contributed by atoms with van der Waals surface area (Å²) in [6.45, 7) is 0. The molecule has 4 aromatic rings. The Bertz CT molecular complexity index is 1240. The number of rotatable bonds is 3. The summed E-state index contributed by atoms with van der Waals surface area (Å²) in [5.74, 6) is 1.29. The molecule has 6 nitrogen and oxygen atoms in total. The molecule has 1 aliphatic heterocycles. The number of hydrogen-bond donors (Lipinski definition) is 0. The number of pyridine rings is 1. The molecule has 1 fully saturated rings. The molecule has 0 N–H and O–H groups in total. The number of fused-ring (bicyclic) bond motifs is 3. The van der Waals surface area contributed by atoms with Crippen LogP contribution in [0, 0.1) is 0 Å². The van der Waals surface area contributed by atoms with Crippen LogP contribution >= 0.6 is 22.6 Å². The Labute approximate surface area is 187 Å². The molecule has 0 saturated heterocycles. The average molecular weight is 507 g/mol. The van der Waals surface area contributed by atoms with Gasteiger partial charge in [0.2, 0.25) is 0 Å². The van der Waals surface area contributed by atoms with Crippen molar-refractivity contribution < 1.29 is 4.42 Å². The molecular formula is C23H18IN5O. The average Bonchev–Trinajstić information content (AvgIpc) is 3.39. The molecule has 1 aliphatic carbocycles. The lowest BCUT2D eigenvalue weighted by Crippen LogP contribution is -2.13. The van der Waals surface area contributed by atoms with Gasteiger partial charge in [-0.25, -0.2) is 9.97 Å². The van der Waals surface area contributed by atoms with Gasteiger partial charge in [0.15, 0.2) is 12.2 Å². The first-order valence-electron chi connectivity index (χ1n) is 10.0. The van der Waals surface area contributed by atoms with Crippen molar-refractivity contribution >= 4 is 28.3 Å². The number of aliphatic imine (C=N–C) groups is 1. The fourth-order valence-corrected chi connectivity index (χ4v) is 5.07. The van der Waals surface area contributed by atoms with Crippen LogP contribution in [-0.2, 0) is 0 Å². The van der Waals surface area contributed by atoms with Gasteiger partial charge in [-0.1, -0.05) is 18.6 Å². The monoisotopic (exact) mass is 507 g/mol. The van der Waals surface area contributed by atoms with Crippen LogP contribution in [0.25, 0.3) is 17.1 Å². The van der Waals surface area contributed by atoms with Gasteiger partial charge in [-0.3, -0.25) is 14.5 Å². The van der Waals surface area contributed by atoms with Crippen molar-refractivity contribution in [2.24, 2.45) is 4.99 Å². The molecule has 4 heterocycles. The maximum atomic E-state index is 5.55. The van der Waals surface area contributed by atoms with E-state index >= 15 is 0 Å². The number of aromatic nitrogens is 4. The van der Waals surface area contributed by atoms with E-state index in [1.165, 1.54) is 31.2 Å². The van der Waals surface area contributed by atoms with Crippen molar-refractivity contribution in [3.63, 3.8) is 0 Å². The third kappa shape index (κ3) is 2.83. The molecule has 0 spiro atoms. The minimum Gasteiger partial charge on any atom is -0.442 e. The number of halogens is 1. The molecule has 1 aromatic carbocycles. The maximum absolute atomic E-state index is 5.55. The van der Waals surface area contributed by atoms with E-state index < -0.39 is 0 Å². The van der Waals surface area contributed by atoms with E-state index in [9.17, 15) is 0 Å². The summed E-state index contributed by atoms with van der Waals surface area (Å²) < 4.78 is 7.54. The van der Waals surface area contributed by atoms with Gasteiger partial charge in [0.1, 0.15) is 16.1 Å². The van der Waals surface area contributed by atoms with Crippen molar-refractivity contribution in [2.45, 2.75) is 29.2 Å². The molecule has 148 valence electrons. The molecular weight excluding hydrogens is 489 g/mol. The second kappa shape index (κ2) is 7.16. The predicted molar refractivity (Wildman–Crippen MR) is 122 cm³/mol. The fraction of sp³-hybridized carbons (Fsp3) is 0.217. The van der Waals surface area contributed by atoms with Crippen LogP contribution in [0.5, 0.6) is 0 Å². The highest BCUT2D eigenvalue weighted by molar-refractivity contribution is 14.1. The van der Waals surface area contributed by atoms with E-state index in [1.807, 2.05) is 30.7 Å². The Kier molecular flexibility index (Phi) is 4.29.